The zero-order valence-electron chi connectivity index (χ0n) is 12.9. The molecule has 1 aromatic rings. The van der Waals surface area contributed by atoms with Crippen LogP contribution in [-0.4, -0.2) is 12.6 Å². The Bertz CT molecular complexity index is 429. The molecule has 0 amide bonds. The largest absolute Gasteiger partial charge is 0.460 e. The Balaban J connectivity index is 2.38. The lowest BCUT2D eigenvalue weighted by molar-refractivity contribution is 0.0488. The first-order valence-electron chi connectivity index (χ1n) is 7.58. The number of hydrogen-bond donors (Lipinski definition) is 0. The third kappa shape index (κ3) is 6.09. The van der Waals surface area contributed by atoms with Gasteiger partial charge in [-0.15, -0.1) is 0 Å². The van der Waals surface area contributed by atoms with Crippen LogP contribution in [0.3, 0.4) is 0 Å². The van der Waals surface area contributed by atoms with Crippen LogP contribution in [0.15, 0.2) is 28.2 Å². The first-order chi connectivity index (χ1) is 9.67. The van der Waals surface area contributed by atoms with Crippen molar-refractivity contribution in [3.05, 3.63) is 35.3 Å². The van der Waals surface area contributed by atoms with E-state index in [1.807, 2.05) is 6.07 Å². The number of allylic oxidation sites excluding steroid dienone is 2. The maximum atomic E-state index is 11.5. The molecule has 1 aromatic heterocycles. The Morgan fingerprint density at radius 3 is 2.75 bits per heavy atom. The Labute approximate surface area is 122 Å². The van der Waals surface area contributed by atoms with Gasteiger partial charge in [-0.1, -0.05) is 37.8 Å². The van der Waals surface area contributed by atoms with Crippen LogP contribution in [0.4, 0.5) is 0 Å². The smallest absolute Gasteiger partial charge is 0.374 e. The molecule has 3 heteroatoms. The van der Waals surface area contributed by atoms with E-state index < -0.39 is 0 Å². The fourth-order valence-corrected chi connectivity index (χ4v) is 2.01. The molecule has 0 N–H and O–H groups in total. The zero-order valence-corrected chi connectivity index (χ0v) is 12.9. The average molecular weight is 278 g/mol. The van der Waals surface area contributed by atoms with E-state index in [4.69, 9.17) is 9.15 Å². The molecular formula is C17H26O3. The summed E-state index contributed by atoms with van der Waals surface area (Å²) in [5, 5.41) is 0. The molecule has 112 valence electrons. The van der Waals surface area contributed by atoms with Crippen LogP contribution in [-0.2, 0) is 11.2 Å². The first kappa shape index (κ1) is 16.5. The van der Waals surface area contributed by atoms with Crippen molar-refractivity contribution >= 4 is 5.97 Å². The second-order valence-electron chi connectivity index (χ2n) is 5.05. The Morgan fingerprint density at radius 1 is 1.25 bits per heavy atom. The highest BCUT2D eigenvalue weighted by Crippen LogP contribution is 2.14. The first-order valence-corrected chi connectivity index (χ1v) is 7.58. The van der Waals surface area contributed by atoms with Gasteiger partial charge in [-0.05, 0) is 38.8 Å². The summed E-state index contributed by atoms with van der Waals surface area (Å²) >= 11 is 0. The van der Waals surface area contributed by atoms with Gasteiger partial charge < -0.3 is 9.15 Å². The number of esters is 1. The zero-order chi connectivity index (χ0) is 14.8. The van der Waals surface area contributed by atoms with Gasteiger partial charge in [0.05, 0.1) is 6.61 Å². The fraction of sp³-hybridized carbons (Fsp3) is 0.588. The van der Waals surface area contributed by atoms with E-state index in [-0.39, 0.29) is 11.7 Å². The summed E-state index contributed by atoms with van der Waals surface area (Å²) in [6.07, 6.45) is 9.20. The van der Waals surface area contributed by atoms with Crippen LogP contribution in [0.5, 0.6) is 0 Å². The quantitative estimate of drug-likeness (QED) is 0.366. The molecule has 0 atom stereocenters. The van der Waals surface area contributed by atoms with E-state index in [0.29, 0.717) is 6.61 Å². The van der Waals surface area contributed by atoms with Crippen molar-refractivity contribution in [1.82, 2.24) is 0 Å². The summed E-state index contributed by atoms with van der Waals surface area (Å²) < 4.78 is 10.4. The number of ether oxygens (including phenoxy) is 1. The lowest BCUT2D eigenvalue weighted by Crippen LogP contribution is -2.02. The van der Waals surface area contributed by atoms with E-state index in [9.17, 15) is 4.79 Å². The molecule has 0 bridgehead atoms. The Morgan fingerprint density at radius 2 is 2.05 bits per heavy atom. The molecule has 0 unspecified atom stereocenters. The number of hydrogen-bond acceptors (Lipinski definition) is 3. The summed E-state index contributed by atoms with van der Waals surface area (Å²) in [6, 6.07) is 3.52. The summed E-state index contributed by atoms with van der Waals surface area (Å²) in [4.78, 5) is 11.5. The fourth-order valence-electron chi connectivity index (χ4n) is 2.01. The normalized spacial score (nSPS) is 11.7. The van der Waals surface area contributed by atoms with Gasteiger partial charge in [-0.2, -0.15) is 0 Å². The minimum absolute atomic E-state index is 0.288. The maximum absolute atomic E-state index is 11.5. The number of furan rings is 1. The second kappa shape index (κ2) is 9.40. The van der Waals surface area contributed by atoms with Gasteiger partial charge in [0, 0.05) is 6.42 Å². The standard InChI is InChI=1S/C17H26O3/c1-4-6-7-8-9-14(3)10-11-15-12-13-16(20-15)17(18)19-5-2/h10,12-13H,4-9,11H2,1-3H3/b14-10-. The van der Waals surface area contributed by atoms with Crippen LogP contribution in [0.2, 0.25) is 0 Å². The highest BCUT2D eigenvalue weighted by Gasteiger charge is 2.11. The number of carbonyl (C=O) groups excluding carboxylic acids is 1. The van der Waals surface area contributed by atoms with Gasteiger partial charge >= 0.3 is 5.97 Å². The van der Waals surface area contributed by atoms with Gasteiger partial charge in [-0.25, -0.2) is 4.79 Å². The van der Waals surface area contributed by atoms with Crippen LogP contribution in [0.1, 0.15) is 69.2 Å². The van der Waals surface area contributed by atoms with Crippen LogP contribution < -0.4 is 0 Å². The lowest BCUT2D eigenvalue weighted by Gasteiger charge is -2.01. The van der Waals surface area contributed by atoms with E-state index in [1.165, 1.54) is 31.3 Å². The molecule has 0 radical (unpaired) electrons. The van der Waals surface area contributed by atoms with Crippen molar-refractivity contribution in [2.45, 2.75) is 59.3 Å². The van der Waals surface area contributed by atoms with Crippen LogP contribution >= 0.6 is 0 Å². The molecule has 0 spiro atoms. The molecule has 3 nitrogen and oxygen atoms in total. The molecule has 0 aliphatic rings. The maximum Gasteiger partial charge on any atom is 0.374 e. The minimum Gasteiger partial charge on any atom is -0.460 e. The van der Waals surface area contributed by atoms with Crippen molar-refractivity contribution in [3.8, 4) is 0 Å². The second-order valence-corrected chi connectivity index (χ2v) is 5.05. The monoisotopic (exact) mass is 278 g/mol. The molecular weight excluding hydrogens is 252 g/mol. The van der Waals surface area contributed by atoms with E-state index >= 15 is 0 Å². The topological polar surface area (TPSA) is 39.4 Å². The summed E-state index contributed by atoms with van der Waals surface area (Å²) in [5.74, 6) is 0.704. The predicted octanol–water partition coefficient (Wildman–Crippen LogP) is 4.92. The van der Waals surface area contributed by atoms with Gasteiger partial charge in [-0.3, -0.25) is 0 Å². The Hall–Kier alpha value is -1.51. The van der Waals surface area contributed by atoms with Crippen molar-refractivity contribution in [1.29, 1.82) is 0 Å². The minimum atomic E-state index is -0.390. The van der Waals surface area contributed by atoms with Crippen LogP contribution in [0.25, 0.3) is 0 Å². The number of carbonyl (C=O) groups is 1. The molecule has 0 fully saturated rings. The summed E-state index contributed by atoms with van der Waals surface area (Å²) in [5.41, 5.74) is 1.38. The van der Waals surface area contributed by atoms with Crippen molar-refractivity contribution in [3.63, 3.8) is 0 Å². The summed E-state index contributed by atoms with van der Waals surface area (Å²) in [6.45, 7) is 6.53. The highest BCUT2D eigenvalue weighted by molar-refractivity contribution is 5.86. The van der Waals surface area contributed by atoms with Gasteiger partial charge in [0.25, 0.3) is 0 Å². The third-order valence-electron chi connectivity index (χ3n) is 3.21. The molecule has 0 saturated heterocycles. The van der Waals surface area contributed by atoms with Crippen LogP contribution in [0, 0.1) is 0 Å². The molecule has 0 aromatic carbocycles. The van der Waals surface area contributed by atoms with Gasteiger partial charge in [0.2, 0.25) is 5.76 Å². The molecule has 1 heterocycles. The molecule has 0 saturated carbocycles. The Kier molecular flexibility index (Phi) is 7.78. The molecule has 20 heavy (non-hydrogen) atoms. The van der Waals surface area contributed by atoms with Gasteiger partial charge in [0.1, 0.15) is 5.76 Å². The molecule has 1 rings (SSSR count). The number of rotatable bonds is 9. The third-order valence-corrected chi connectivity index (χ3v) is 3.21. The predicted molar refractivity (Wildman–Crippen MR) is 80.9 cm³/mol. The molecule has 0 aliphatic heterocycles. The van der Waals surface area contributed by atoms with Gasteiger partial charge in [0.15, 0.2) is 0 Å². The molecule has 0 aliphatic carbocycles. The van der Waals surface area contributed by atoms with Crippen molar-refractivity contribution < 1.29 is 13.9 Å². The van der Waals surface area contributed by atoms with Crippen molar-refractivity contribution in [2.24, 2.45) is 0 Å². The SMILES string of the molecule is CCCCCC/C(C)=C\Cc1ccc(C(=O)OCC)o1. The lowest BCUT2D eigenvalue weighted by atomic mass is 10.1. The van der Waals surface area contributed by atoms with Crippen molar-refractivity contribution in [2.75, 3.05) is 6.61 Å². The summed E-state index contributed by atoms with van der Waals surface area (Å²) in [7, 11) is 0. The average Bonchev–Trinajstić information content (AvgIpc) is 2.90. The highest BCUT2D eigenvalue weighted by atomic mass is 16.5. The van der Waals surface area contributed by atoms with E-state index in [2.05, 4.69) is 19.9 Å². The van der Waals surface area contributed by atoms with E-state index in [0.717, 1.165) is 18.6 Å². The van der Waals surface area contributed by atoms with E-state index in [1.54, 1.807) is 13.0 Å². The number of unbranched alkanes of at least 4 members (excludes halogenated alkanes) is 3.